The van der Waals surface area contributed by atoms with Crippen molar-refractivity contribution in [3.63, 3.8) is 0 Å². The van der Waals surface area contributed by atoms with Gasteiger partial charge in [0.25, 0.3) is 0 Å². The van der Waals surface area contributed by atoms with Gasteiger partial charge < -0.3 is 0 Å². The van der Waals surface area contributed by atoms with Gasteiger partial charge in [-0.2, -0.15) is 0 Å². The normalized spacial score (nSPS) is 38.8. The van der Waals surface area contributed by atoms with Crippen molar-refractivity contribution < 1.29 is 4.21 Å². The van der Waals surface area contributed by atoms with Gasteiger partial charge >= 0.3 is 0 Å². The highest BCUT2D eigenvalue weighted by Gasteiger charge is 2.28. The Hall–Kier alpha value is -0.0200. The molecule has 72 valence electrons. The zero-order valence-corrected chi connectivity index (χ0v) is 9.06. The van der Waals surface area contributed by atoms with Crippen LogP contribution in [0.15, 0.2) is 0 Å². The van der Waals surface area contributed by atoms with Crippen LogP contribution in [-0.4, -0.2) is 32.2 Å². The molecule has 0 aromatic heterocycles. The summed E-state index contributed by atoms with van der Waals surface area (Å²) in [6, 6.07) is 0.786. The molecule has 0 spiro atoms. The molecule has 0 radical (unpaired) electrons. The Kier molecular flexibility index (Phi) is 2.84. The summed E-state index contributed by atoms with van der Waals surface area (Å²) in [5.74, 6) is 4.61. The maximum atomic E-state index is 12.0. The molecule has 0 aromatic carbocycles. The Labute approximate surface area is 76.1 Å². The molecule has 2 nitrogen and oxygen atoms in total. The van der Waals surface area contributed by atoms with E-state index in [2.05, 4.69) is 30.9 Å². The number of nitrogens with zero attached hydrogens (tertiary/aromatic N) is 1. The molecule has 1 rings (SSSR count). The fourth-order valence-electron chi connectivity index (χ4n) is 2.06. The van der Waals surface area contributed by atoms with Crippen LogP contribution in [0.4, 0.5) is 0 Å². The zero-order chi connectivity index (χ0) is 9.35. The fraction of sp³-hybridized carbons (Fsp3) is 0.889. The quantitative estimate of drug-likeness (QED) is 0.573. The Morgan fingerprint density at radius 1 is 1.58 bits per heavy atom. The second-order valence-corrected chi connectivity index (χ2v) is 6.30. The van der Waals surface area contributed by atoms with E-state index < -0.39 is 9.71 Å². The van der Waals surface area contributed by atoms with Crippen molar-refractivity contribution in [1.29, 1.82) is 0 Å². The van der Waals surface area contributed by atoms with E-state index in [1.54, 1.807) is 0 Å². The van der Waals surface area contributed by atoms with Crippen molar-refractivity contribution in [3.05, 3.63) is 0 Å². The molecule has 0 N–H and O–H groups in total. The molecule has 0 amide bonds. The highest BCUT2D eigenvalue weighted by Crippen LogP contribution is 2.22. The first kappa shape index (κ1) is 10.1. The first-order valence-corrected chi connectivity index (χ1v) is 6.44. The van der Waals surface area contributed by atoms with Crippen molar-refractivity contribution in [2.45, 2.75) is 45.7 Å². The summed E-state index contributed by atoms with van der Waals surface area (Å²) in [5, 5.41) is 0. The molecule has 1 saturated heterocycles. The van der Waals surface area contributed by atoms with Gasteiger partial charge in [-0.15, -0.1) is 0 Å². The highest BCUT2D eigenvalue weighted by molar-refractivity contribution is 7.98. The van der Waals surface area contributed by atoms with Crippen LogP contribution in [0, 0.1) is 0 Å². The molecule has 0 bridgehead atoms. The maximum Gasteiger partial charge on any atom is 0.0292 e. The molecule has 0 saturated carbocycles. The topological polar surface area (TPSA) is 20.3 Å². The van der Waals surface area contributed by atoms with Crippen LogP contribution in [-0.2, 0) is 9.71 Å². The monoisotopic (exact) mass is 189 g/mol. The third-order valence-electron chi connectivity index (χ3n) is 2.41. The van der Waals surface area contributed by atoms with Gasteiger partial charge in [0.05, 0.1) is 0 Å². The zero-order valence-electron chi connectivity index (χ0n) is 8.25. The molecule has 1 unspecified atom stereocenters. The lowest BCUT2D eigenvalue weighted by Crippen LogP contribution is -2.47. The minimum Gasteiger partial charge on any atom is -0.253 e. The summed E-state index contributed by atoms with van der Waals surface area (Å²) >= 11 is 0. The van der Waals surface area contributed by atoms with E-state index in [1.807, 2.05) is 0 Å². The van der Waals surface area contributed by atoms with Crippen LogP contribution >= 0.6 is 0 Å². The van der Waals surface area contributed by atoms with Gasteiger partial charge in [0.15, 0.2) is 0 Å². The van der Waals surface area contributed by atoms with Crippen LogP contribution in [0.5, 0.6) is 0 Å². The molecule has 1 heterocycles. The summed E-state index contributed by atoms with van der Waals surface area (Å²) in [6.07, 6.45) is 2.22. The van der Waals surface area contributed by atoms with Crippen molar-refractivity contribution in [2.24, 2.45) is 0 Å². The van der Waals surface area contributed by atoms with Gasteiger partial charge in [-0.3, -0.25) is 4.21 Å². The highest BCUT2D eigenvalue weighted by atomic mass is 32.2. The molecule has 1 fully saturated rings. The molecule has 0 aliphatic carbocycles. The third kappa shape index (κ3) is 1.83. The van der Waals surface area contributed by atoms with Crippen LogP contribution in [0.3, 0.4) is 0 Å². The molecule has 12 heavy (non-hydrogen) atoms. The van der Waals surface area contributed by atoms with Crippen molar-refractivity contribution in [1.82, 2.24) is 4.31 Å². The Morgan fingerprint density at radius 2 is 2.17 bits per heavy atom. The van der Waals surface area contributed by atoms with E-state index in [0.717, 1.165) is 18.6 Å². The van der Waals surface area contributed by atoms with Gasteiger partial charge in [0.1, 0.15) is 0 Å². The Balaban J connectivity index is 2.89. The molecular weight excluding hydrogens is 170 g/mol. The molecule has 2 atom stereocenters. The predicted octanol–water partition coefficient (Wildman–Crippen LogP) is 1.51. The van der Waals surface area contributed by atoms with Gasteiger partial charge in [-0.25, -0.2) is 4.31 Å². The smallest absolute Gasteiger partial charge is 0.0292 e. The largest absolute Gasteiger partial charge is 0.253 e. The predicted molar refractivity (Wildman–Crippen MR) is 55.8 cm³/mol. The van der Waals surface area contributed by atoms with E-state index >= 15 is 0 Å². The summed E-state index contributed by atoms with van der Waals surface area (Å²) in [6.45, 7) is 6.32. The van der Waals surface area contributed by atoms with E-state index in [-0.39, 0.29) is 0 Å². The number of hydrogen-bond acceptors (Lipinski definition) is 1. The van der Waals surface area contributed by atoms with Crippen LogP contribution < -0.4 is 0 Å². The summed E-state index contributed by atoms with van der Waals surface area (Å²) in [5.41, 5.74) is 0. The van der Waals surface area contributed by atoms with E-state index in [4.69, 9.17) is 0 Å². The lowest BCUT2D eigenvalue weighted by Gasteiger charge is -2.39. The maximum absolute atomic E-state index is 12.0. The van der Waals surface area contributed by atoms with E-state index in [1.165, 1.54) is 0 Å². The Morgan fingerprint density at radius 3 is 2.50 bits per heavy atom. The average molecular weight is 189 g/mol. The lowest BCUT2D eigenvalue weighted by atomic mass is 10.2. The van der Waals surface area contributed by atoms with Gasteiger partial charge in [0, 0.05) is 27.5 Å². The second kappa shape index (κ2) is 3.38. The molecule has 0 aromatic rings. The van der Waals surface area contributed by atoms with Gasteiger partial charge in [-0.05, 0) is 39.5 Å². The van der Waals surface area contributed by atoms with E-state index in [9.17, 15) is 4.21 Å². The SMILES string of the molecule is C=S1(=O)CCC[C@@H](C)N1C(C)C. The van der Waals surface area contributed by atoms with Crippen molar-refractivity contribution >= 4 is 15.6 Å². The number of hydrogen-bond donors (Lipinski definition) is 0. The van der Waals surface area contributed by atoms with Gasteiger partial charge in [0.2, 0.25) is 0 Å². The summed E-state index contributed by atoms with van der Waals surface area (Å²) < 4.78 is 14.1. The van der Waals surface area contributed by atoms with Gasteiger partial charge in [-0.1, -0.05) is 0 Å². The standard InChI is InChI=1S/C9H19NOS/c1-8(2)10-9(3)6-5-7-12(10,4)11/h8-9H,4-7H2,1-3H3/t9-,12?/m1/s1. The van der Waals surface area contributed by atoms with Crippen molar-refractivity contribution in [2.75, 3.05) is 5.75 Å². The minimum absolute atomic E-state index is 0.352. The molecular formula is C9H19NOS. The number of rotatable bonds is 1. The second-order valence-electron chi connectivity index (χ2n) is 3.92. The summed E-state index contributed by atoms with van der Waals surface area (Å²) in [4.78, 5) is 0. The fourth-order valence-corrected chi connectivity index (χ4v) is 4.42. The summed E-state index contributed by atoms with van der Waals surface area (Å²) in [7, 11) is -1.94. The Bertz CT molecular complexity index is 243. The van der Waals surface area contributed by atoms with E-state index in [0.29, 0.717) is 12.1 Å². The van der Waals surface area contributed by atoms with Crippen LogP contribution in [0.1, 0.15) is 33.6 Å². The molecule has 1 aliphatic heterocycles. The lowest BCUT2D eigenvalue weighted by molar-refractivity contribution is 0.275. The first-order chi connectivity index (χ1) is 5.45. The average Bonchev–Trinajstić information content (AvgIpc) is 1.82. The molecule has 1 aliphatic rings. The molecule has 3 heteroatoms. The van der Waals surface area contributed by atoms with Crippen molar-refractivity contribution in [3.8, 4) is 0 Å². The minimum atomic E-state index is -1.94. The first-order valence-electron chi connectivity index (χ1n) is 4.58. The van der Waals surface area contributed by atoms with Crippen LogP contribution in [0.25, 0.3) is 0 Å². The van der Waals surface area contributed by atoms with Crippen LogP contribution in [0.2, 0.25) is 0 Å². The third-order valence-corrected chi connectivity index (χ3v) is 4.89.